The van der Waals surface area contributed by atoms with Crippen LogP contribution in [-0.2, 0) is 14.5 Å². The lowest BCUT2D eigenvalue weighted by Gasteiger charge is -2.30. The normalized spacial score (nSPS) is 38.6. The van der Waals surface area contributed by atoms with Gasteiger partial charge >= 0.3 is 0 Å². The summed E-state index contributed by atoms with van der Waals surface area (Å²) in [5, 5.41) is 0. The van der Waals surface area contributed by atoms with Gasteiger partial charge in [-0.25, -0.2) is 8.60 Å². The Morgan fingerprint density at radius 3 is 2.21 bits per heavy atom. The molecule has 0 spiro atoms. The molecule has 14 heavy (non-hydrogen) atoms. The van der Waals surface area contributed by atoms with Gasteiger partial charge in [-0.2, -0.15) is 0 Å². The third-order valence-electron chi connectivity index (χ3n) is 2.62. The molecule has 3 nitrogen and oxygen atoms in total. The summed E-state index contributed by atoms with van der Waals surface area (Å²) in [6.07, 6.45) is -0.0985. The summed E-state index contributed by atoms with van der Waals surface area (Å²) in [6.45, 7) is 3.33. The second kappa shape index (κ2) is 3.61. The summed E-state index contributed by atoms with van der Waals surface area (Å²) in [5.41, 5.74) is -1.82. The summed E-state index contributed by atoms with van der Waals surface area (Å²) in [7, 11) is -2.61. The van der Waals surface area contributed by atoms with Crippen molar-refractivity contribution in [3.8, 4) is 0 Å². The van der Waals surface area contributed by atoms with Gasteiger partial charge < -0.3 is 0 Å². The van der Waals surface area contributed by atoms with Gasteiger partial charge in [-0.15, -0.1) is 0 Å². The van der Waals surface area contributed by atoms with Gasteiger partial charge in [-0.3, -0.25) is 9.57 Å². The van der Waals surface area contributed by atoms with Gasteiger partial charge in [0.1, 0.15) is 0 Å². The van der Waals surface area contributed by atoms with E-state index in [1.54, 1.807) is 13.8 Å². The minimum Gasteiger partial charge on any atom is -0.296 e. The molecule has 0 aliphatic carbocycles. The van der Waals surface area contributed by atoms with Gasteiger partial charge in [-0.05, 0) is 0 Å². The largest absolute Gasteiger partial charge is 0.296 e. The summed E-state index contributed by atoms with van der Waals surface area (Å²) in [4.78, 5) is 11.5. The van der Waals surface area contributed by atoms with Crippen molar-refractivity contribution in [3.05, 3.63) is 0 Å². The fourth-order valence-electron chi connectivity index (χ4n) is 1.64. The molecule has 1 fully saturated rings. The summed E-state index contributed by atoms with van der Waals surface area (Å²) < 4.78 is 32.6. The maximum atomic E-state index is 14.0. The average Bonchev–Trinajstić information content (AvgIpc) is 2.09. The second-order valence-electron chi connectivity index (χ2n) is 4.20. The van der Waals surface area contributed by atoms with Crippen LogP contribution in [0.25, 0.3) is 0 Å². The van der Waals surface area contributed by atoms with E-state index in [-0.39, 0.29) is 30.3 Å². The third kappa shape index (κ3) is 2.32. The van der Waals surface area contributed by atoms with Crippen molar-refractivity contribution in [2.75, 3.05) is 11.5 Å². The lowest BCUT2D eigenvalue weighted by molar-refractivity contribution is -0.134. The van der Waals surface area contributed by atoms with Crippen LogP contribution in [0.2, 0.25) is 0 Å². The highest BCUT2D eigenvalue weighted by Crippen LogP contribution is 2.31. The Balaban J connectivity index is 2.76. The van der Waals surface area contributed by atoms with Gasteiger partial charge in [0, 0.05) is 40.0 Å². The summed E-state index contributed by atoms with van der Waals surface area (Å²) >= 11 is 0. The predicted octanol–water partition coefficient (Wildman–Crippen LogP) is 1.76. The van der Waals surface area contributed by atoms with E-state index in [1.807, 2.05) is 0 Å². The van der Waals surface area contributed by atoms with E-state index in [0.29, 0.717) is 0 Å². The molecule has 0 amide bonds. The molecule has 0 unspecified atom stereocenters. The minimum atomic E-state index is -2.61. The number of carbonyl (C=O) groups excluding carboxylic acids is 1. The molecule has 0 radical (unpaired) electrons. The number of carbonyl (C=O) groups is 1. The third-order valence-corrected chi connectivity index (χ3v) is 4.35. The first kappa shape index (κ1) is 11.6. The van der Waals surface area contributed by atoms with Gasteiger partial charge in [0.2, 0.25) is 0 Å². The Morgan fingerprint density at radius 1 is 1.43 bits per heavy atom. The van der Waals surface area contributed by atoms with Crippen molar-refractivity contribution >= 4 is 15.5 Å². The molecule has 5 heteroatoms. The molecule has 1 heterocycles. The number of ketones is 1. The standard InChI is InChI=1S/C9H16FNO2S/c1-7(2)8(12)9(10)3-5-14(11,13)6-4-9/h7,11H,3-6H2,1-2H3. The minimum absolute atomic E-state index is 0.0158. The van der Waals surface area contributed by atoms with Crippen molar-refractivity contribution in [1.82, 2.24) is 0 Å². The predicted molar refractivity (Wildman–Crippen MR) is 53.5 cm³/mol. The topological polar surface area (TPSA) is 58.0 Å². The van der Waals surface area contributed by atoms with Crippen LogP contribution in [0.4, 0.5) is 4.39 Å². The van der Waals surface area contributed by atoms with Crippen LogP contribution in [0.5, 0.6) is 0 Å². The lowest BCUT2D eigenvalue weighted by atomic mass is 9.87. The fraction of sp³-hybridized carbons (Fsp3) is 0.889. The van der Waals surface area contributed by atoms with Crippen LogP contribution in [0.3, 0.4) is 0 Å². The van der Waals surface area contributed by atoms with E-state index in [2.05, 4.69) is 0 Å². The molecule has 1 aliphatic heterocycles. The van der Waals surface area contributed by atoms with Crippen LogP contribution in [0.15, 0.2) is 0 Å². The Labute approximate surface area is 84.0 Å². The van der Waals surface area contributed by atoms with E-state index in [0.717, 1.165) is 0 Å². The number of Topliss-reactive ketones (excluding diaryl/α,β-unsaturated/α-hetero) is 1. The number of rotatable bonds is 2. The highest BCUT2D eigenvalue weighted by Gasteiger charge is 2.43. The zero-order chi connectivity index (χ0) is 11.0. The molecule has 1 aliphatic rings. The zero-order valence-electron chi connectivity index (χ0n) is 8.51. The molecular formula is C9H16FNO2S. The monoisotopic (exact) mass is 221 g/mol. The second-order valence-corrected chi connectivity index (χ2v) is 6.64. The van der Waals surface area contributed by atoms with Crippen molar-refractivity contribution in [1.29, 1.82) is 4.78 Å². The first-order valence-corrected chi connectivity index (χ1v) is 6.64. The summed E-state index contributed by atoms with van der Waals surface area (Å²) in [6, 6.07) is 0. The van der Waals surface area contributed by atoms with Crippen LogP contribution < -0.4 is 0 Å². The van der Waals surface area contributed by atoms with Crippen LogP contribution in [0.1, 0.15) is 26.7 Å². The molecule has 0 aromatic carbocycles. The van der Waals surface area contributed by atoms with E-state index in [4.69, 9.17) is 4.78 Å². The molecular weight excluding hydrogens is 205 g/mol. The van der Waals surface area contributed by atoms with E-state index < -0.39 is 21.2 Å². The van der Waals surface area contributed by atoms with Crippen molar-refractivity contribution in [3.63, 3.8) is 0 Å². The van der Waals surface area contributed by atoms with Gasteiger partial charge in [-0.1, -0.05) is 13.8 Å². The van der Waals surface area contributed by atoms with Crippen molar-refractivity contribution in [2.24, 2.45) is 5.92 Å². The highest BCUT2D eigenvalue weighted by atomic mass is 32.2. The molecule has 1 N–H and O–H groups in total. The average molecular weight is 221 g/mol. The summed E-state index contributed by atoms with van der Waals surface area (Å²) in [5.74, 6) is -0.712. The molecule has 0 aromatic rings. The van der Waals surface area contributed by atoms with Crippen LogP contribution in [0, 0.1) is 10.7 Å². The number of hydrogen-bond acceptors (Lipinski definition) is 3. The van der Waals surface area contributed by atoms with Crippen LogP contribution >= 0.6 is 0 Å². The Kier molecular flexibility index (Phi) is 2.99. The smallest absolute Gasteiger partial charge is 0.172 e. The Bertz CT molecular complexity index is 321. The zero-order valence-corrected chi connectivity index (χ0v) is 9.32. The van der Waals surface area contributed by atoms with Crippen molar-refractivity contribution in [2.45, 2.75) is 32.4 Å². The van der Waals surface area contributed by atoms with E-state index in [9.17, 15) is 13.4 Å². The van der Waals surface area contributed by atoms with E-state index >= 15 is 0 Å². The molecule has 82 valence electrons. The maximum Gasteiger partial charge on any atom is 0.172 e. The first-order chi connectivity index (χ1) is 6.27. The molecule has 0 saturated carbocycles. The number of hydrogen-bond donors (Lipinski definition) is 1. The molecule has 0 bridgehead atoms. The Hall–Kier alpha value is -0.450. The molecule has 1 saturated heterocycles. The highest BCUT2D eigenvalue weighted by molar-refractivity contribution is 7.92. The number of nitrogens with one attached hydrogen (secondary N) is 1. The van der Waals surface area contributed by atoms with Crippen LogP contribution in [-0.4, -0.2) is 27.2 Å². The van der Waals surface area contributed by atoms with Gasteiger partial charge in [0.05, 0.1) is 0 Å². The SMILES string of the molecule is CC(C)C(=O)C1(F)CCS(=N)(=O)CC1. The fourth-order valence-corrected chi connectivity index (χ4v) is 3.15. The molecule has 0 atom stereocenters. The molecule has 1 rings (SSSR count). The van der Waals surface area contributed by atoms with Gasteiger partial charge in [0.15, 0.2) is 11.5 Å². The molecule has 0 aromatic heterocycles. The maximum absolute atomic E-state index is 14.0. The van der Waals surface area contributed by atoms with Crippen molar-refractivity contribution < 1.29 is 13.4 Å². The lowest BCUT2D eigenvalue weighted by Crippen LogP contribution is -2.43. The number of alkyl halides is 1. The first-order valence-electron chi connectivity index (χ1n) is 4.74. The van der Waals surface area contributed by atoms with E-state index in [1.165, 1.54) is 0 Å². The Morgan fingerprint density at radius 2 is 1.86 bits per heavy atom. The quantitative estimate of drug-likeness (QED) is 0.772. The number of halogens is 1. The van der Waals surface area contributed by atoms with Gasteiger partial charge in [0.25, 0.3) is 0 Å².